The zero-order valence-corrected chi connectivity index (χ0v) is 40.4. The van der Waals surface area contributed by atoms with E-state index in [1.165, 1.54) is 0 Å². The van der Waals surface area contributed by atoms with Crippen molar-refractivity contribution in [3.8, 4) is 17.2 Å². The molecule has 15 heteroatoms. The molecule has 0 heterocycles. The standard InChI is InChI=1S/C53H74N6O9/c1-6-10-42(7-2)38-56-53(62)52(44-14-23-50(63-5)41(3)37-44)59(47-17-18-47)51(61)24-13-43-11-19-48(20-12-43)67-29-9-8-27-58(4)28-32-66-34-33-64-30-25-45(54)39-55-26-31-65-35-36-68-49-21-15-46(16-22-49)57-40-60/h6-7,10-12,14-16,19-23,37,39-40,47,52,55H,1-2,8-9,13,17-18,24-36,38,54H2,3-5H3,(H,56,62)(H,57,60)/b42-10+,45-39-. The third-order valence-corrected chi connectivity index (χ3v) is 11.1. The number of anilines is 1. The maximum Gasteiger partial charge on any atom is 0.247 e. The first-order chi connectivity index (χ1) is 33.1. The summed E-state index contributed by atoms with van der Waals surface area (Å²) >= 11 is 0. The fourth-order valence-electron chi connectivity index (χ4n) is 7.15. The molecular weight excluding hydrogens is 865 g/mol. The number of carbonyl (C=O) groups excluding carboxylic acids is 3. The Morgan fingerprint density at radius 3 is 2.21 bits per heavy atom. The van der Waals surface area contributed by atoms with Crippen molar-refractivity contribution in [3.05, 3.63) is 132 Å². The highest BCUT2D eigenvalue weighted by Crippen LogP contribution is 2.37. The number of nitrogens with zero attached hydrogens (tertiary/aromatic N) is 2. The van der Waals surface area contributed by atoms with Crippen LogP contribution in [0.1, 0.15) is 61.3 Å². The Kier molecular flexibility index (Phi) is 25.5. The molecule has 0 aliphatic heterocycles. The van der Waals surface area contributed by atoms with Gasteiger partial charge in [-0.3, -0.25) is 14.4 Å². The van der Waals surface area contributed by atoms with E-state index in [0.29, 0.717) is 95.8 Å². The van der Waals surface area contributed by atoms with E-state index in [-0.39, 0.29) is 30.8 Å². The van der Waals surface area contributed by atoms with Gasteiger partial charge in [0.05, 0.1) is 53.4 Å². The summed E-state index contributed by atoms with van der Waals surface area (Å²) in [6, 6.07) is 20.0. The van der Waals surface area contributed by atoms with Crippen molar-refractivity contribution in [2.75, 3.05) is 98.5 Å². The second-order valence-electron chi connectivity index (χ2n) is 16.5. The number of likely N-dealkylation sites (N-methyl/N-ethyl adjacent to an activating group) is 1. The first kappa shape index (κ1) is 54.5. The van der Waals surface area contributed by atoms with Crippen LogP contribution >= 0.6 is 0 Å². The Hall–Kier alpha value is -6.13. The number of ether oxygens (including phenoxy) is 6. The normalized spacial score (nSPS) is 13.1. The lowest BCUT2D eigenvalue weighted by Crippen LogP contribution is -2.45. The Balaban J connectivity index is 1.03. The number of allylic oxidation sites excluding steroid dienone is 2. The molecule has 0 aromatic heterocycles. The van der Waals surface area contributed by atoms with Gasteiger partial charge in [0.2, 0.25) is 18.2 Å². The molecule has 68 heavy (non-hydrogen) atoms. The molecule has 0 spiro atoms. The third-order valence-electron chi connectivity index (χ3n) is 11.1. The van der Waals surface area contributed by atoms with Crippen LogP contribution in [-0.4, -0.2) is 127 Å². The minimum absolute atomic E-state index is 0.0103. The predicted octanol–water partition coefficient (Wildman–Crippen LogP) is 6.65. The monoisotopic (exact) mass is 939 g/mol. The van der Waals surface area contributed by atoms with Crippen LogP contribution in [0.15, 0.2) is 116 Å². The number of carbonyl (C=O) groups is 3. The molecule has 1 aliphatic rings. The number of nitrogens with two attached hydrogens (primary N) is 1. The van der Waals surface area contributed by atoms with Gasteiger partial charge in [-0.2, -0.15) is 0 Å². The van der Waals surface area contributed by atoms with E-state index in [9.17, 15) is 14.4 Å². The van der Waals surface area contributed by atoms with Crippen LogP contribution < -0.4 is 35.9 Å². The van der Waals surface area contributed by atoms with Gasteiger partial charge in [-0.05, 0) is 123 Å². The molecule has 0 bridgehead atoms. The van der Waals surface area contributed by atoms with E-state index >= 15 is 0 Å². The fraction of sp³-hybridized carbons (Fsp3) is 0.453. The van der Waals surface area contributed by atoms with Gasteiger partial charge in [-0.1, -0.05) is 49.6 Å². The highest BCUT2D eigenvalue weighted by molar-refractivity contribution is 5.89. The smallest absolute Gasteiger partial charge is 0.247 e. The first-order valence-electron chi connectivity index (χ1n) is 23.6. The number of benzene rings is 3. The number of aryl methyl sites for hydroxylation is 2. The van der Waals surface area contributed by atoms with Crippen molar-refractivity contribution in [2.24, 2.45) is 5.73 Å². The number of hydrogen-bond donors (Lipinski definition) is 4. The third kappa shape index (κ3) is 20.8. The number of hydrogen-bond acceptors (Lipinski definition) is 12. The van der Waals surface area contributed by atoms with Gasteiger partial charge in [-0.25, -0.2) is 0 Å². The zero-order valence-electron chi connectivity index (χ0n) is 40.4. The van der Waals surface area contributed by atoms with E-state index in [0.717, 1.165) is 72.5 Å². The average molecular weight is 939 g/mol. The van der Waals surface area contributed by atoms with Crippen LogP contribution in [0.25, 0.3) is 0 Å². The highest BCUT2D eigenvalue weighted by Gasteiger charge is 2.41. The molecule has 1 atom stereocenters. The van der Waals surface area contributed by atoms with Crippen molar-refractivity contribution < 1.29 is 42.8 Å². The molecule has 15 nitrogen and oxygen atoms in total. The predicted molar refractivity (Wildman–Crippen MR) is 268 cm³/mol. The summed E-state index contributed by atoms with van der Waals surface area (Å²) < 4.78 is 34.1. The highest BCUT2D eigenvalue weighted by atomic mass is 16.5. The number of methoxy groups -OCH3 is 1. The van der Waals surface area contributed by atoms with Crippen molar-refractivity contribution in [2.45, 2.75) is 64.0 Å². The molecule has 1 fully saturated rings. The van der Waals surface area contributed by atoms with Crippen LogP contribution in [0.4, 0.5) is 5.69 Å². The van der Waals surface area contributed by atoms with Crippen molar-refractivity contribution >= 4 is 23.9 Å². The van der Waals surface area contributed by atoms with Gasteiger partial charge in [-0.15, -0.1) is 0 Å². The summed E-state index contributed by atoms with van der Waals surface area (Å²) in [6.07, 6.45) is 12.7. The van der Waals surface area contributed by atoms with E-state index in [1.807, 2.05) is 49.4 Å². The fourth-order valence-corrected chi connectivity index (χ4v) is 7.15. The molecule has 370 valence electrons. The summed E-state index contributed by atoms with van der Waals surface area (Å²) in [4.78, 5) is 42.4. The van der Waals surface area contributed by atoms with Crippen molar-refractivity contribution in [1.82, 2.24) is 20.4 Å². The first-order valence-corrected chi connectivity index (χ1v) is 23.6. The molecule has 1 saturated carbocycles. The molecule has 3 aromatic carbocycles. The lowest BCUT2D eigenvalue weighted by atomic mass is 9.99. The van der Waals surface area contributed by atoms with Gasteiger partial charge >= 0.3 is 0 Å². The quantitative estimate of drug-likeness (QED) is 0.0276. The second kappa shape index (κ2) is 31.8. The minimum atomic E-state index is -0.776. The Bertz CT molecular complexity index is 2040. The number of amides is 3. The lowest BCUT2D eigenvalue weighted by Gasteiger charge is -2.32. The Labute approximate surface area is 403 Å². The maximum absolute atomic E-state index is 14.0. The minimum Gasteiger partial charge on any atom is -0.496 e. The summed E-state index contributed by atoms with van der Waals surface area (Å²) in [5, 5.41) is 8.77. The molecule has 4 rings (SSSR count). The Morgan fingerprint density at radius 1 is 0.838 bits per heavy atom. The number of nitrogens with one attached hydrogen (secondary N) is 3. The molecule has 1 unspecified atom stereocenters. The topological polar surface area (TPSA) is 175 Å². The average Bonchev–Trinajstić information content (AvgIpc) is 4.19. The molecule has 0 saturated heterocycles. The molecule has 3 amide bonds. The molecule has 3 aromatic rings. The maximum atomic E-state index is 14.0. The van der Waals surface area contributed by atoms with E-state index in [1.54, 1.807) is 60.7 Å². The van der Waals surface area contributed by atoms with Gasteiger partial charge < -0.3 is 59.9 Å². The summed E-state index contributed by atoms with van der Waals surface area (Å²) in [5.41, 5.74) is 11.0. The number of rotatable bonds is 37. The van der Waals surface area contributed by atoms with Gasteiger partial charge in [0.15, 0.2) is 0 Å². The molecule has 1 aliphatic carbocycles. The van der Waals surface area contributed by atoms with Crippen LogP contribution in [0.5, 0.6) is 17.2 Å². The Morgan fingerprint density at radius 2 is 1.53 bits per heavy atom. The molecular formula is C53H74N6O9. The van der Waals surface area contributed by atoms with Crippen LogP contribution in [0.2, 0.25) is 0 Å². The van der Waals surface area contributed by atoms with Crippen LogP contribution in [-0.2, 0) is 35.0 Å². The number of unbranched alkanes of at least 4 members (excludes halogenated alkanes) is 1. The van der Waals surface area contributed by atoms with Crippen molar-refractivity contribution in [1.29, 1.82) is 0 Å². The lowest BCUT2D eigenvalue weighted by molar-refractivity contribution is -0.141. The van der Waals surface area contributed by atoms with Crippen molar-refractivity contribution in [3.63, 3.8) is 0 Å². The van der Waals surface area contributed by atoms with Crippen LogP contribution in [0.3, 0.4) is 0 Å². The molecule has 0 radical (unpaired) electrons. The van der Waals surface area contributed by atoms with Gasteiger partial charge in [0, 0.05) is 56.1 Å². The largest absolute Gasteiger partial charge is 0.496 e. The summed E-state index contributed by atoms with van der Waals surface area (Å²) in [5.74, 6) is 1.94. The summed E-state index contributed by atoms with van der Waals surface area (Å²) in [6.45, 7) is 16.4. The van der Waals surface area contributed by atoms with Gasteiger partial charge in [0.1, 0.15) is 29.9 Å². The second-order valence-corrected chi connectivity index (χ2v) is 16.5. The zero-order chi connectivity index (χ0) is 48.8. The van der Waals surface area contributed by atoms with E-state index in [2.05, 4.69) is 41.1 Å². The summed E-state index contributed by atoms with van der Waals surface area (Å²) in [7, 11) is 3.71. The molecule has 5 N–H and O–H groups in total. The van der Waals surface area contributed by atoms with Gasteiger partial charge in [0.25, 0.3) is 0 Å². The van der Waals surface area contributed by atoms with E-state index < -0.39 is 6.04 Å². The van der Waals surface area contributed by atoms with E-state index in [4.69, 9.17) is 34.2 Å². The SMILES string of the molecule is C=C/C=C(\C=C)CNC(=O)C(c1ccc(OC)c(C)c1)N(C(=O)CCc1ccc(OCCCCN(C)CCOCCOCC/C(N)=C/NCCOCCOc2ccc(NC=O)cc2)cc1)C1CC1. The van der Waals surface area contributed by atoms with Crippen LogP contribution in [0, 0.1) is 6.92 Å².